The maximum absolute atomic E-state index is 11.3. The van der Waals surface area contributed by atoms with Gasteiger partial charge in [0.1, 0.15) is 12.4 Å². The molecule has 0 bridgehead atoms. The molecule has 0 radical (unpaired) electrons. The molecule has 2 rings (SSSR count). The van der Waals surface area contributed by atoms with E-state index in [1.807, 2.05) is 12.1 Å². The second-order valence-corrected chi connectivity index (χ2v) is 6.36. The maximum atomic E-state index is 11.3. The van der Waals surface area contributed by atoms with Crippen LogP contribution < -0.4 is 10.5 Å². The summed E-state index contributed by atoms with van der Waals surface area (Å²) in [7, 11) is -3.18. The number of hydrogen-bond acceptors (Lipinski definition) is 5. The number of rotatable bonds is 5. The molecule has 0 amide bonds. The van der Waals surface area contributed by atoms with Crippen LogP contribution in [-0.2, 0) is 23.0 Å². The molecular weight excluding hydrogens is 276 g/mol. The Bertz CT molecular complexity index is 682. The Morgan fingerprint density at radius 1 is 1.20 bits per heavy atom. The van der Waals surface area contributed by atoms with E-state index in [1.54, 1.807) is 18.3 Å². The molecule has 0 unspecified atom stereocenters. The van der Waals surface area contributed by atoms with Crippen LogP contribution >= 0.6 is 0 Å². The van der Waals surface area contributed by atoms with Gasteiger partial charge < -0.3 is 10.5 Å². The first kappa shape index (κ1) is 14.5. The van der Waals surface area contributed by atoms with Gasteiger partial charge in [-0.2, -0.15) is 0 Å². The van der Waals surface area contributed by atoms with Crippen molar-refractivity contribution in [3.8, 4) is 5.75 Å². The summed E-state index contributed by atoms with van der Waals surface area (Å²) < 4.78 is 28.3. The Labute approximate surface area is 118 Å². The molecule has 5 nitrogen and oxygen atoms in total. The molecule has 1 heterocycles. The predicted molar refractivity (Wildman–Crippen MR) is 76.0 cm³/mol. The SMILES string of the molecule is CS(=O)(=O)c1ccc(OCc2cccnc2CN)cc1. The van der Waals surface area contributed by atoms with E-state index in [0.717, 1.165) is 11.3 Å². The van der Waals surface area contributed by atoms with Crippen molar-refractivity contribution in [2.75, 3.05) is 6.26 Å². The summed E-state index contributed by atoms with van der Waals surface area (Å²) in [6.45, 7) is 0.700. The van der Waals surface area contributed by atoms with Crippen LogP contribution in [0.25, 0.3) is 0 Å². The van der Waals surface area contributed by atoms with Gasteiger partial charge in [0.2, 0.25) is 0 Å². The van der Waals surface area contributed by atoms with E-state index in [4.69, 9.17) is 10.5 Å². The highest BCUT2D eigenvalue weighted by Crippen LogP contribution is 2.17. The summed E-state index contributed by atoms with van der Waals surface area (Å²) in [5.41, 5.74) is 7.31. The quantitative estimate of drug-likeness (QED) is 0.903. The molecule has 106 valence electrons. The molecule has 0 aliphatic rings. The summed E-state index contributed by atoms with van der Waals surface area (Å²) in [5.74, 6) is 0.601. The van der Waals surface area contributed by atoms with Crippen LogP contribution in [0.2, 0.25) is 0 Å². The molecule has 0 spiro atoms. The zero-order valence-corrected chi connectivity index (χ0v) is 11.9. The van der Waals surface area contributed by atoms with Crippen LogP contribution in [0.1, 0.15) is 11.3 Å². The van der Waals surface area contributed by atoms with Crippen LogP contribution in [0.4, 0.5) is 0 Å². The van der Waals surface area contributed by atoms with E-state index >= 15 is 0 Å². The summed E-state index contributed by atoms with van der Waals surface area (Å²) in [5, 5.41) is 0. The Morgan fingerprint density at radius 3 is 2.50 bits per heavy atom. The number of sulfone groups is 1. The summed E-state index contributed by atoms with van der Waals surface area (Å²) in [6.07, 6.45) is 2.86. The molecule has 1 aromatic carbocycles. The Balaban J connectivity index is 2.08. The van der Waals surface area contributed by atoms with Gasteiger partial charge in [-0.15, -0.1) is 0 Å². The van der Waals surface area contributed by atoms with Crippen molar-refractivity contribution >= 4 is 9.84 Å². The van der Waals surface area contributed by atoms with Gasteiger partial charge in [0.05, 0.1) is 10.6 Å². The molecule has 0 aliphatic carbocycles. The number of pyridine rings is 1. The van der Waals surface area contributed by atoms with Gasteiger partial charge in [0.15, 0.2) is 9.84 Å². The lowest BCUT2D eigenvalue weighted by Gasteiger charge is -2.09. The van der Waals surface area contributed by atoms with Crippen molar-refractivity contribution in [2.45, 2.75) is 18.0 Å². The van der Waals surface area contributed by atoms with E-state index in [9.17, 15) is 8.42 Å². The van der Waals surface area contributed by atoms with Crippen molar-refractivity contribution in [1.29, 1.82) is 0 Å². The van der Waals surface area contributed by atoms with Crippen molar-refractivity contribution in [3.63, 3.8) is 0 Å². The fourth-order valence-electron chi connectivity index (χ4n) is 1.73. The molecule has 0 aliphatic heterocycles. The molecule has 0 saturated heterocycles. The lowest BCUT2D eigenvalue weighted by molar-refractivity contribution is 0.304. The number of aromatic nitrogens is 1. The average Bonchev–Trinajstić information content (AvgIpc) is 2.45. The lowest BCUT2D eigenvalue weighted by Crippen LogP contribution is -2.06. The van der Waals surface area contributed by atoms with E-state index in [-0.39, 0.29) is 4.90 Å². The summed E-state index contributed by atoms with van der Waals surface area (Å²) in [6, 6.07) is 10.0. The van der Waals surface area contributed by atoms with Crippen molar-refractivity contribution in [2.24, 2.45) is 5.73 Å². The van der Waals surface area contributed by atoms with Crippen molar-refractivity contribution in [1.82, 2.24) is 4.98 Å². The van der Waals surface area contributed by atoms with Crippen molar-refractivity contribution < 1.29 is 13.2 Å². The smallest absolute Gasteiger partial charge is 0.175 e. The van der Waals surface area contributed by atoms with Gasteiger partial charge in [0, 0.05) is 24.6 Å². The topological polar surface area (TPSA) is 82.3 Å². The second kappa shape index (κ2) is 6.02. The van der Waals surface area contributed by atoms with E-state index in [0.29, 0.717) is 18.9 Å². The van der Waals surface area contributed by atoms with Gasteiger partial charge in [0.25, 0.3) is 0 Å². The minimum atomic E-state index is -3.18. The third-order valence-electron chi connectivity index (χ3n) is 2.82. The molecular formula is C14H16N2O3S. The molecule has 0 atom stereocenters. The number of nitrogens with two attached hydrogens (primary N) is 1. The first-order valence-corrected chi connectivity index (χ1v) is 7.95. The Kier molecular flexibility index (Phi) is 4.36. The van der Waals surface area contributed by atoms with Gasteiger partial charge in [-0.1, -0.05) is 6.07 Å². The Hall–Kier alpha value is -1.92. The second-order valence-electron chi connectivity index (χ2n) is 4.35. The number of nitrogens with zero attached hydrogens (tertiary/aromatic N) is 1. The zero-order chi connectivity index (χ0) is 14.6. The molecule has 1 aromatic heterocycles. The fraction of sp³-hybridized carbons (Fsp3) is 0.214. The molecule has 20 heavy (non-hydrogen) atoms. The highest BCUT2D eigenvalue weighted by molar-refractivity contribution is 7.90. The first-order chi connectivity index (χ1) is 9.50. The van der Waals surface area contributed by atoms with Crippen LogP contribution in [-0.4, -0.2) is 19.7 Å². The number of benzene rings is 1. The third kappa shape index (κ3) is 3.55. The first-order valence-electron chi connectivity index (χ1n) is 6.06. The maximum Gasteiger partial charge on any atom is 0.175 e. The van der Waals surface area contributed by atoms with Crippen LogP contribution in [0.3, 0.4) is 0 Å². The summed E-state index contributed by atoms with van der Waals surface area (Å²) in [4.78, 5) is 4.44. The minimum absolute atomic E-state index is 0.272. The van der Waals surface area contributed by atoms with Crippen LogP contribution in [0.5, 0.6) is 5.75 Å². The third-order valence-corrected chi connectivity index (χ3v) is 3.95. The van der Waals surface area contributed by atoms with Crippen molar-refractivity contribution in [3.05, 3.63) is 53.9 Å². The van der Waals surface area contributed by atoms with Gasteiger partial charge in [-0.3, -0.25) is 4.98 Å². The molecule has 0 saturated carbocycles. The normalized spacial score (nSPS) is 11.3. The highest BCUT2D eigenvalue weighted by Gasteiger charge is 2.07. The van der Waals surface area contributed by atoms with Crippen LogP contribution in [0, 0.1) is 0 Å². The van der Waals surface area contributed by atoms with Gasteiger partial charge >= 0.3 is 0 Å². The molecule has 2 aromatic rings. The Morgan fingerprint density at radius 2 is 1.90 bits per heavy atom. The highest BCUT2D eigenvalue weighted by atomic mass is 32.2. The number of ether oxygens (including phenoxy) is 1. The molecule has 2 N–H and O–H groups in total. The number of hydrogen-bond donors (Lipinski definition) is 1. The monoisotopic (exact) mass is 292 g/mol. The van der Waals surface area contributed by atoms with E-state index in [1.165, 1.54) is 18.4 Å². The van der Waals surface area contributed by atoms with Gasteiger partial charge in [-0.25, -0.2) is 8.42 Å². The summed E-state index contributed by atoms with van der Waals surface area (Å²) >= 11 is 0. The molecule has 0 fully saturated rings. The zero-order valence-electron chi connectivity index (χ0n) is 11.1. The largest absolute Gasteiger partial charge is 0.489 e. The average molecular weight is 292 g/mol. The molecule has 6 heteroatoms. The minimum Gasteiger partial charge on any atom is -0.489 e. The van der Waals surface area contributed by atoms with Crippen LogP contribution in [0.15, 0.2) is 47.5 Å². The standard InChI is InChI=1S/C14H16N2O3S/c1-20(17,18)13-6-4-12(5-7-13)19-10-11-3-2-8-16-14(11)9-15/h2-8H,9-10,15H2,1H3. The van der Waals surface area contributed by atoms with E-state index in [2.05, 4.69) is 4.98 Å². The van der Waals surface area contributed by atoms with E-state index < -0.39 is 9.84 Å². The fourth-order valence-corrected chi connectivity index (χ4v) is 2.36. The lowest BCUT2D eigenvalue weighted by atomic mass is 10.2. The predicted octanol–water partition coefficient (Wildman–Crippen LogP) is 1.52. The van der Waals surface area contributed by atoms with Gasteiger partial charge in [-0.05, 0) is 30.3 Å².